The average Bonchev–Trinajstić information content (AvgIpc) is 2.75. The van der Waals surface area contributed by atoms with Crippen LogP contribution in [0.2, 0.25) is 0 Å². The summed E-state index contributed by atoms with van der Waals surface area (Å²) in [7, 11) is 0. The van der Waals surface area contributed by atoms with E-state index in [9.17, 15) is 10.1 Å². The zero-order valence-corrected chi connectivity index (χ0v) is 17.2. The molecule has 2 fully saturated rings. The van der Waals surface area contributed by atoms with Crippen molar-refractivity contribution in [2.24, 2.45) is 0 Å². The molecular weight excluding hydrogens is 370 g/mol. The van der Waals surface area contributed by atoms with Crippen LogP contribution in [0.15, 0.2) is 34.9 Å². The number of amides is 1. The molecule has 4 rings (SSSR count). The Morgan fingerprint density at radius 1 is 1.25 bits per heavy atom. The number of rotatable bonds is 4. The number of ether oxygens (including phenoxy) is 1. The van der Waals surface area contributed by atoms with Crippen molar-refractivity contribution in [2.45, 2.75) is 57.4 Å². The van der Waals surface area contributed by atoms with Crippen LogP contribution in [0.4, 0.5) is 0 Å². The minimum Gasteiger partial charge on any atom is -0.494 e. The van der Waals surface area contributed by atoms with Crippen LogP contribution >= 0.6 is 11.8 Å². The summed E-state index contributed by atoms with van der Waals surface area (Å²) in [6.07, 6.45) is 6.65. The summed E-state index contributed by atoms with van der Waals surface area (Å²) in [6.45, 7) is 3.13. The van der Waals surface area contributed by atoms with Crippen LogP contribution < -0.4 is 4.74 Å². The summed E-state index contributed by atoms with van der Waals surface area (Å²) >= 11 is 1.65. The van der Waals surface area contributed by atoms with E-state index in [0.29, 0.717) is 31.3 Å². The van der Waals surface area contributed by atoms with E-state index in [-0.39, 0.29) is 11.8 Å². The molecule has 0 bridgehead atoms. The maximum absolute atomic E-state index is 13.1. The number of thioether (sulfide) groups is 1. The first kappa shape index (κ1) is 19.4. The SMILES string of the molecule is CCOc1ccccc1C1CC(=O)N2CN(C3CCCCC3)CSC2=C1C#N. The predicted molar refractivity (Wildman–Crippen MR) is 110 cm³/mol. The van der Waals surface area contributed by atoms with E-state index in [2.05, 4.69) is 11.0 Å². The zero-order valence-electron chi connectivity index (χ0n) is 16.4. The fourth-order valence-corrected chi connectivity index (χ4v) is 5.81. The van der Waals surface area contributed by atoms with Crippen LogP contribution in [0.3, 0.4) is 0 Å². The fraction of sp³-hybridized carbons (Fsp3) is 0.545. The molecule has 1 aromatic carbocycles. The number of para-hydroxylation sites is 1. The van der Waals surface area contributed by atoms with E-state index in [1.165, 1.54) is 32.1 Å². The third-order valence-electron chi connectivity index (χ3n) is 6.00. The average molecular weight is 398 g/mol. The van der Waals surface area contributed by atoms with Crippen molar-refractivity contribution >= 4 is 17.7 Å². The maximum atomic E-state index is 13.1. The normalized spacial score (nSPS) is 24.1. The summed E-state index contributed by atoms with van der Waals surface area (Å²) in [5.41, 5.74) is 1.65. The maximum Gasteiger partial charge on any atom is 0.229 e. The summed E-state index contributed by atoms with van der Waals surface area (Å²) in [5, 5.41) is 10.8. The highest BCUT2D eigenvalue weighted by molar-refractivity contribution is 8.03. The number of allylic oxidation sites excluding steroid dienone is 1. The smallest absolute Gasteiger partial charge is 0.229 e. The van der Waals surface area contributed by atoms with Gasteiger partial charge in [0, 0.05) is 23.9 Å². The highest BCUT2D eigenvalue weighted by atomic mass is 32.2. The molecule has 0 radical (unpaired) electrons. The molecule has 148 valence electrons. The van der Waals surface area contributed by atoms with E-state index in [1.54, 1.807) is 11.8 Å². The highest BCUT2D eigenvalue weighted by Crippen LogP contribution is 2.45. The van der Waals surface area contributed by atoms with Gasteiger partial charge >= 0.3 is 0 Å². The minimum atomic E-state index is -0.222. The van der Waals surface area contributed by atoms with Gasteiger partial charge in [-0.3, -0.25) is 14.6 Å². The Labute approximate surface area is 171 Å². The molecule has 2 aliphatic heterocycles. The van der Waals surface area contributed by atoms with Crippen LogP contribution in [0.5, 0.6) is 5.75 Å². The summed E-state index contributed by atoms with van der Waals surface area (Å²) < 4.78 is 5.78. The zero-order chi connectivity index (χ0) is 19.5. The van der Waals surface area contributed by atoms with Gasteiger partial charge in [-0.05, 0) is 25.8 Å². The number of fused-ring (bicyclic) bond motifs is 1. The van der Waals surface area contributed by atoms with Crippen molar-refractivity contribution in [3.05, 3.63) is 40.4 Å². The molecule has 1 saturated heterocycles. The summed E-state index contributed by atoms with van der Waals surface area (Å²) in [5.74, 6) is 1.52. The van der Waals surface area contributed by atoms with Gasteiger partial charge in [-0.2, -0.15) is 5.26 Å². The topological polar surface area (TPSA) is 56.6 Å². The van der Waals surface area contributed by atoms with Crippen LogP contribution in [0.1, 0.15) is 56.9 Å². The molecule has 5 nitrogen and oxygen atoms in total. The molecule has 2 heterocycles. The lowest BCUT2D eigenvalue weighted by molar-refractivity contribution is -0.132. The molecule has 1 atom stereocenters. The van der Waals surface area contributed by atoms with Gasteiger partial charge in [-0.15, -0.1) is 0 Å². The highest BCUT2D eigenvalue weighted by Gasteiger charge is 2.40. The first-order valence-electron chi connectivity index (χ1n) is 10.3. The standard InChI is InChI=1S/C22H27N3O2S/c1-2-27-20-11-7-6-10-17(20)18-12-21(26)25-14-24(16-8-4-3-5-9-16)15-28-22(25)19(18)13-23/h6-7,10-11,16,18H,2-5,8-9,12,14-15H2,1H3. The number of nitriles is 1. The second kappa shape index (κ2) is 8.59. The molecule has 0 spiro atoms. The Balaban J connectivity index is 1.63. The Hall–Kier alpha value is -1.97. The number of carbonyl (C=O) groups excluding carboxylic acids is 1. The lowest BCUT2D eigenvalue weighted by atomic mass is 9.86. The number of benzene rings is 1. The molecule has 3 aliphatic rings. The number of hydrogen-bond donors (Lipinski definition) is 0. The first-order valence-corrected chi connectivity index (χ1v) is 11.2. The van der Waals surface area contributed by atoms with E-state index < -0.39 is 0 Å². The van der Waals surface area contributed by atoms with Gasteiger partial charge in [-0.1, -0.05) is 49.2 Å². The second-order valence-electron chi connectivity index (χ2n) is 7.68. The van der Waals surface area contributed by atoms with Crippen molar-refractivity contribution in [3.63, 3.8) is 0 Å². The summed E-state index contributed by atoms with van der Waals surface area (Å²) in [4.78, 5) is 17.3. The van der Waals surface area contributed by atoms with Gasteiger partial charge in [0.25, 0.3) is 0 Å². The third-order valence-corrected chi connectivity index (χ3v) is 7.17. The Morgan fingerprint density at radius 3 is 2.79 bits per heavy atom. The van der Waals surface area contributed by atoms with Gasteiger partial charge in [0.1, 0.15) is 5.75 Å². The van der Waals surface area contributed by atoms with Crippen molar-refractivity contribution in [2.75, 3.05) is 19.2 Å². The van der Waals surface area contributed by atoms with Crippen LogP contribution in [-0.4, -0.2) is 40.9 Å². The number of carbonyl (C=O) groups is 1. The van der Waals surface area contributed by atoms with Crippen LogP contribution in [0.25, 0.3) is 0 Å². The van der Waals surface area contributed by atoms with Crippen LogP contribution in [-0.2, 0) is 4.79 Å². The predicted octanol–water partition coefficient (Wildman–Crippen LogP) is 4.43. The molecule has 1 amide bonds. The third kappa shape index (κ3) is 3.66. The largest absolute Gasteiger partial charge is 0.494 e. The van der Waals surface area contributed by atoms with Crippen LogP contribution in [0, 0.1) is 11.3 Å². The second-order valence-corrected chi connectivity index (χ2v) is 8.61. The molecule has 0 N–H and O–H groups in total. The van der Waals surface area contributed by atoms with E-state index in [1.807, 2.05) is 36.1 Å². The van der Waals surface area contributed by atoms with Crippen molar-refractivity contribution in [1.82, 2.24) is 9.80 Å². The first-order chi connectivity index (χ1) is 13.7. The molecular formula is C22H27N3O2S. The molecule has 1 aliphatic carbocycles. The van der Waals surface area contributed by atoms with Crippen molar-refractivity contribution in [1.29, 1.82) is 5.26 Å². The molecule has 1 aromatic rings. The van der Waals surface area contributed by atoms with Gasteiger partial charge in [0.15, 0.2) is 0 Å². The van der Waals surface area contributed by atoms with Crippen molar-refractivity contribution in [3.8, 4) is 11.8 Å². The Morgan fingerprint density at radius 2 is 2.04 bits per heavy atom. The molecule has 28 heavy (non-hydrogen) atoms. The fourth-order valence-electron chi connectivity index (χ4n) is 4.57. The minimum absolute atomic E-state index is 0.110. The van der Waals surface area contributed by atoms with Gasteiger partial charge < -0.3 is 4.74 Å². The van der Waals surface area contributed by atoms with Gasteiger partial charge in [0.2, 0.25) is 5.91 Å². The molecule has 0 aromatic heterocycles. The van der Waals surface area contributed by atoms with Gasteiger partial charge in [-0.25, -0.2) is 0 Å². The van der Waals surface area contributed by atoms with E-state index >= 15 is 0 Å². The monoisotopic (exact) mass is 397 g/mol. The number of hydrogen-bond acceptors (Lipinski definition) is 5. The Kier molecular flexibility index (Phi) is 5.93. The van der Waals surface area contributed by atoms with Crippen molar-refractivity contribution < 1.29 is 9.53 Å². The van der Waals surface area contributed by atoms with Gasteiger partial charge in [0.05, 0.1) is 35.8 Å². The lowest BCUT2D eigenvalue weighted by Crippen LogP contribution is -2.51. The molecule has 1 unspecified atom stereocenters. The van der Waals surface area contributed by atoms with E-state index in [0.717, 1.165) is 22.2 Å². The Bertz CT molecular complexity index is 810. The molecule has 1 saturated carbocycles. The summed E-state index contributed by atoms with van der Waals surface area (Å²) in [6, 6.07) is 10.8. The van der Waals surface area contributed by atoms with E-state index in [4.69, 9.17) is 4.74 Å². The molecule has 6 heteroatoms. The lowest BCUT2D eigenvalue weighted by Gasteiger charge is -2.44. The number of nitrogens with zero attached hydrogens (tertiary/aromatic N) is 3. The quantitative estimate of drug-likeness (QED) is 0.752.